The van der Waals surface area contributed by atoms with Crippen LogP contribution in [0.4, 0.5) is 0 Å². The summed E-state index contributed by atoms with van der Waals surface area (Å²) < 4.78 is 6.14. The first-order valence-electron chi connectivity index (χ1n) is 5.99. The molecule has 6 heteroatoms. The van der Waals surface area contributed by atoms with Gasteiger partial charge in [0.25, 0.3) is 5.56 Å². The third kappa shape index (κ3) is 1.79. The van der Waals surface area contributed by atoms with Crippen LogP contribution in [0.1, 0.15) is 41.9 Å². The standard InChI is InChI=1S/C12H13N3O3/c1-2-18-12(17)9-5-10-13-8(7-3-4-7)6-11(16)15(10)14-9/h5-7,14H,2-4H2,1H3. The van der Waals surface area contributed by atoms with E-state index in [1.807, 2.05) is 0 Å². The molecule has 2 heterocycles. The molecule has 94 valence electrons. The van der Waals surface area contributed by atoms with Gasteiger partial charge in [0.05, 0.1) is 12.3 Å². The molecule has 0 bridgehead atoms. The van der Waals surface area contributed by atoms with Crippen LogP contribution in [0.5, 0.6) is 0 Å². The summed E-state index contributed by atoms with van der Waals surface area (Å²) in [6, 6.07) is 3.07. The zero-order valence-corrected chi connectivity index (χ0v) is 9.97. The van der Waals surface area contributed by atoms with Crippen LogP contribution in [0, 0.1) is 0 Å². The topological polar surface area (TPSA) is 76.5 Å². The number of hydrogen-bond acceptors (Lipinski definition) is 4. The van der Waals surface area contributed by atoms with E-state index in [1.54, 1.807) is 13.0 Å². The third-order valence-corrected chi connectivity index (χ3v) is 2.96. The Morgan fingerprint density at radius 2 is 2.33 bits per heavy atom. The average molecular weight is 247 g/mol. The maximum absolute atomic E-state index is 11.9. The summed E-state index contributed by atoms with van der Waals surface area (Å²) in [4.78, 5) is 27.8. The Morgan fingerprint density at radius 1 is 1.56 bits per heavy atom. The predicted octanol–water partition coefficient (Wildman–Crippen LogP) is 1.08. The van der Waals surface area contributed by atoms with Crippen LogP contribution in [0.2, 0.25) is 0 Å². The molecule has 0 spiro atoms. The monoisotopic (exact) mass is 247 g/mol. The van der Waals surface area contributed by atoms with Gasteiger partial charge < -0.3 is 4.74 Å². The van der Waals surface area contributed by atoms with Crippen molar-refractivity contribution in [3.63, 3.8) is 0 Å². The molecule has 1 fully saturated rings. The first kappa shape index (κ1) is 11.0. The van der Waals surface area contributed by atoms with Crippen LogP contribution in [0.3, 0.4) is 0 Å². The fourth-order valence-corrected chi connectivity index (χ4v) is 1.91. The van der Waals surface area contributed by atoms with Crippen LogP contribution < -0.4 is 5.56 Å². The second kappa shape index (κ2) is 3.97. The van der Waals surface area contributed by atoms with E-state index in [0.29, 0.717) is 18.2 Å². The normalized spacial score (nSPS) is 14.9. The molecule has 0 saturated heterocycles. The molecule has 0 amide bonds. The third-order valence-electron chi connectivity index (χ3n) is 2.96. The second-order valence-corrected chi connectivity index (χ2v) is 4.38. The van der Waals surface area contributed by atoms with Gasteiger partial charge in [-0.2, -0.15) is 0 Å². The molecule has 6 nitrogen and oxygen atoms in total. The highest BCUT2D eigenvalue weighted by atomic mass is 16.5. The lowest BCUT2D eigenvalue weighted by atomic mass is 10.3. The number of esters is 1. The minimum atomic E-state index is -0.477. The molecule has 3 rings (SSSR count). The Bertz CT molecular complexity index is 667. The number of H-pyrrole nitrogens is 1. The number of nitrogens with one attached hydrogen (secondary N) is 1. The van der Waals surface area contributed by atoms with Crippen molar-refractivity contribution in [1.82, 2.24) is 14.6 Å². The average Bonchev–Trinajstić information content (AvgIpc) is 3.09. The Hall–Kier alpha value is -2.11. The number of aromatic nitrogens is 3. The van der Waals surface area contributed by atoms with E-state index in [2.05, 4.69) is 10.1 Å². The minimum absolute atomic E-state index is 0.197. The lowest BCUT2D eigenvalue weighted by molar-refractivity contribution is 0.0519. The van der Waals surface area contributed by atoms with Crippen molar-refractivity contribution in [3.05, 3.63) is 33.9 Å². The number of hydrogen-bond donors (Lipinski definition) is 1. The maximum Gasteiger partial charge on any atom is 0.356 e. The van der Waals surface area contributed by atoms with Crippen molar-refractivity contribution in [2.75, 3.05) is 6.61 Å². The molecule has 0 aliphatic heterocycles. The summed E-state index contributed by atoms with van der Waals surface area (Å²) in [7, 11) is 0. The van der Waals surface area contributed by atoms with Crippen molar-refractivity contribution < 1.29 is 9.53 Å². The maximum atomic E-state index is 11.9. The van der Waals surface area contributed by atoms with Gasteiger partial charge >= 0.3 is 5.97 Å². The van der Waals surface area contributed by atoms with Gasteiger partial charge in [-0.05, 0) is 19.8 Å². The van der Waals surface area contributed by atoms with E-state index in [4.69, 9.17) is 4.74 Å². The van der Waals surface area contributed by atoms with Crippen LogP contribution in [0.25, 0.3) is 5.65 Å². The van der Waals surface area contributed by atoms with E-state index >= 15 is 0 Å². The molecular formula is C12H13N3O3. The lowest BCUT2D eigenvalue weighted by Gasteiger charge is -1.97. The minimum Gasteiger partial charge on any atom is -0.461 e. The van der Waals surface area contributed by atoms with Crippen LogP contribution in [-0.4, -0.2) is 27.2 Å². The molecule has 0 aromatic carbocycles. The van der Waals surface area contributed by atoms with Gasteiger partial charge in [-0.3, -0.25) is 9.89 Å². The molecular weight excluding hydrogens is 234 g/mol. The van der Waals surface area contributed by atoms with E-state index in [9.17, 15) is 9.59 Å². The molecule has 1 N–H and O–H groups in total. The molecule has 1 saturated carbocycles. The Morgan fingerprint density at radius 3 is 3.00 bits per heavy atom. The van der Waals surface area contributed by atoms with Gasteiger partial charge in [-0.1, -0.05) is 0 Å². The van der Waals surface area contributed by atoms with Gasteiger partial charge in [0.1, 0.15) is 5.69 Å². The van der Waals surface area contributed by atoms with Crippen molar-refractivity contribution in [3.8, 4) is 0 Å². The Labute approximate surface area is 103 Å². The molecule has 1 aliphatic carbocycles. The molecule has 0 unspecified atom stereocenters. The fraction of sp³-hybridized carbons (Fsp3) is 0.417. The zero-order chi connectivity index (χ0) is 12.7. The van der Waals surface area contributed by atoms with Crippen molar-refractivity contribution >= 4 is 11.6 Å². The number of nitrogens with zero attached hydrogens (tertiary/aromatic N) is 2. The number of carbonyl (C=O) groups excluding carboxylic acids is 1. The Balaban J connectivity index is 2.08. The summed E-state index contributed by atoms with van der Waals surface area (Å²) in [5.74, 6) is -0.0704. The van der Waals surface area contributed by atoms with Gasteiger partial charge in [0, 0.05) is 18.1 Å². The first-order valence-corrected chi connectivity index (χ1v) is 5.99. The number of carbonyl (C=O) groups is 1. The summed E-state index contributed by atoms with van der Waals surface area (Å²) in [5.41, 5.74) is 1.33. The fourth-order valence-electron chi connectivity index (χ4n) is 1.91. The van der Waals surface area contributed by atoms with Gasteiger partial charge in [0.15, 0.2) is 5.65 Å². The quantitative estimate of drug-likeness (QED) is 0.823. The number of ether oxygens (including phenoxy) is 1. The number of fused-ring (bicyclic) bond motifs is 1. The predicted molar refractivity (Wildman–Crippen MR) is 63.7 cm³/mol. The summed E-state index contributed by atoms with van der Waals surface area (Å²) in [6.07, 6.45) is 2.16. The largest absolute Gasteiger partial charge is 0.461 e. The lowest BCUT2D eigenvalue weighted by Crippen LogP contribution is -2.16. The SMILES string of the molecule is CCOC(=O)c1cc2nc(C3CC3)cc(=O)n2[nH]1. The van der Waals surface area contributed by atoms with Crippen LogP contribution in [0.15, 0.2) is 16.9 Å². The first-order chi connectivity index (χ1) is 8.69. The van der Waals surface area contributed by atoms with Crippen LogP contribution >= 0.6 is 0 Å². The van der Waals surface area contributed by atoms with Crippen molar-refractivity contribution in [2.45, 2.75) is 25.7 Å². The molecule has 18 heavy (non-hydrogen) atoms. The highest BCUT2D eigenvalue weighted by Gasteiger charge is 2.26. The van der Waals surface area contributed by atoms with Gasteiger partial charge in [-0.25, -0.2) is 14.3 Å². The van der Waals surface area contributed by atoms with Gasteiger partial charge in [-0.15, -0.1) is 0 Å². The summed E-state index contributed by atoms with van der Waals surface area (Å²) in [6.45, 7) is 2.03. The van der Waals surface area contributed by atoms with Crippen molar-refractivity contribution in [1.29, 1.82) is 0 Å². The second-order valence-electron chi connectivity index (χ2n) is 4.38. The van der Waals surface area contributed by atoms with E-state index in [1.165, 1.54) is 10.6 Å². The summed E-state index contributed by atoms with van der Waals surface area (Å²) in [5, 5.41) is 2.70. The molecule has 2 aromatic rings. The van der Waals surface area contributed by atoms with E-state index in [0.717, 1.165) is 18.5 Å². The molecule has 0 atom stereocenters. The highest BCUT2D eigenvalue weighted by Crippen LogP contribution is 2.38. The molecule has 1 aliphatic rings. The molecule has 2 aromatic heterocycles. The van der Waals surface area contributed by atoms with Crippen molar-refractivity contribution in [2.24, 2.45) is 0 Å². The highest BCUT2D eigenvalue weighted by molar-refractivity contribution is 5.88. The number of aromatic amines is 1. The smallest absolute Gasteiger partial charge is 0.356 e. The Kier molecular flexibility index (Phi) is 2.43. The van der Waals surface area contributed by atoms with Crippen LogP contribution in [-0.2, 0) is 4.74 Å². The summed E-state index contributed by atoms with van der Waals surface area (Å²) >= 11 is 0. The zero-order valence-electron chi connectivity index (χ0n) is 9.97. The van der Waals surface area contributed by atoms with Gasteiger partial charge in [0.2, 0.25) is 0 Å². The number of rotatable bonds is 3. The van der Waals surface area contributed by atoms with E-state index < -0.39 is 5.97 Å². The van der Waals surface area contributed by atoms with E-state index in [-0.39, 0.29) is 11.3 Å². The molecule has 0 radical (unpaired) electrons.